The lowest BCUT2D eigenvalue weighted by Gasteiger charge is -2.31. The zero-order valence-electron chi connectivity index (χ0n) is 11.7. The Morgan fingerprint density at radius 3 is 2.50 bits per heavy atom. The van der Waals surface area contributed by atoms with Crippen molar-refractivity contribution in [2.24, 2.45) is 5.92 Å². The number of rotatable bonds is 2. The molecule has 1 unspecified atom stereocenters. The Kier molecular flexibility index (Phi) is 3.60. The molecule has 1 aromatic carbocycles. The highest BCUT2D eigenvalue weighted by atomic mass is 32.2. The molecule has 1 saturated heterocycles. The molecule has 0 aromatic heterocycles. The van der Waals surface area contributed by atoms with Gasteiger partial charge in [-0.05, 0) is 44.2 Å². The standard InChI is InChI=1S/C15H21NO3S/c1-11-6-8-13(9-7-11)20(18,19)16-14-5-3-2-4-12(14)10-15(16)17/h6-9,12,14-15,17H,2-5,10H2,1H3/t12-,14+,15?/m1/s1. The third-order valence-electron chi connectivity index (χ3n) is 4.60. The van der Waals surface area contributed by atoms with E-state index in [1.165, 1.54) is 4.31 Å². The predicted molar refractivity (Wildman–Crippen MR) is 76.6 cm³/mol. The number of hydrogen-bond donors (Lipinski definition) is 1. The van der Waals surface area contributed by atoms with Crippen molar-refractivity contribution in [3.8, 4) is 0 Å². The van der Waals surface area contributed by atoms with Gasteiger partial charge in [0.2, 0.25) is 10.0 Å². The van der Waals surface area contributed by atoms with Crippen molar-refractivity contribution < 1.29 is 13.5 Å². The minimum Gasteiger partial charge on any atom is -0.377 e. The second kappa shape index (κ2) is 5.13. The van der Waals surface area contributed by atoms with Crippen LogP contribution in [0.4, 0.5) is 0 Å². The second-order valence-electron chi connectivity index (χ2n) is 5.98. The predicted octanol–water partition coefficient (Wildman–Crippen LogP) is 2.27. The number of aliphatic hydroxyl groups is 1. The van der Waals surface area contributed by atoms with Gasteiger partial charge in [0.25, 0.3) is 0 Å². The van der Waals surface area contributed by atoms with Crippen LogP contribution in [0, 0.1) is 12.8 Å². The minimum absolute atomic E-state index is 0.0231. The van der Waals surface area contributed by atoms with Crippen LogP contribution in [0.3, 0.4) is 0 Å². The molecule has 1 heterocycles. The molecule has 0 spiro atoms. The van der Waals surface area contributed by atoms with Crippen molar-refractivity contribution in [1.29, 1.82) is 0 Å². The molecular formula is C15H21NO3S. The van der Waals surface area contributed by atoms with Gasteiger partial charge in [-0.25, -0.2) is 8.42 Å². The van der Waals surface area contributed by atoms with Crippen LogP contribution in [0.5, 0.6) is 0 Å². The first kappa shape index (κ1) is 14.0. The number of aliphatic hydroxyl groups excluding tert-OH is 1. The number of sulfonamides is 1. The molecule has 2 aliphatic rings. The molecule has 0 bridgehead atoms. The Bertz CT molecular complexity index is 582. The average molecular weight is 295 g/mol. The fourth-order valence-corrected chi connectivity index (χ4v) is 5.33. The fraction of sp³-hybridized carbons (Fsp3) is 0.600. The first-order valence-electron chi connectivity index (χ1n) is 7.28. The molecule has 3 rings (SSSR count). The van der Waals surface area contributed by atoms with Gasteiger partial charge in [-0.1, -0.05) is 30.5 Å². The summed E-state index contributed by atoms with van der Waals surface area (Å²) in [5.41, 5.74) is 1.03. The second-order valence-corrected chi connectivity index (χ2v) is 7.82. The Hall–Kier alpha value is -0.910. The highest BCUT2D eigenvalue weighted by Gasteiger charge is 2.47. The summed E-state index contributed by atoms with van der Waals surface area (Å²) < 4.78 is 26.9. The summed E-state index contributed by atoms with van der Waals surface area (Å²) in [5.74, 6) is 0.318. The highest BCUT2D eigenvalue weighted by molar-refractivity contribution is 7.89. The first-order valence-corrected chi connectivity index (χ1v) is 8.72. The van der Waals surface area contributed by atoms with Crippen molar-refractivity contribution in [1.82, 2.24) is 4.31 Å². The van der Waals surface area contributed by atoms with E-state index in [4.69, 9.17) is 0 Å². The molecule has 1 N–H and O–H groups in total. The SMILES string of the molecule is Cc1ccc(S(=O)(=O)N2C(O)C[C@H]3CCCC[C@@H]32)cc1. The quantitative estimate of drug-likeness (QED) is 0.910. The molecule has 1 aliphatic heterocycles. The molecule has 3 atom stereocenters. The normalized spacial score (nSPS) is 31.2. The summed E-state index contributed by atoms with van der Waals surface area (Å²) in [6, 6.07) is 6.84. The maximum atomic E-state index is 12.8. The summed E-state index contributed by atoms with van der Waals surface area (Å²) >= 11 is 0. The highest BCUT2D eigenvalue weighted by Crippen LogP contribution is 2.41. The smallest absolute Gasteiger partial charge is 0.245 e. The van der Waals surface area contributed by atoms with Gasteiger partial charge >= 0.3 is 0 Å². The van der Waals surface area contributed by atoms with Gasteiger partial charge in [0.05, 0.1) is 4.90 Å². The molecule has 20 heavy (non-hydrogen) atoms. The van der Waals surface area contributed by atoms with Crippen LogP contribution in [-0.4, -0.2) is 30.1 Å². The van der Waals surface area contributed by atoms with E-state index in [2.05, 4.69) is 0 Å². The van der Waals surface area contributed by atoms with Crippen molar-refractivity contribution in [3.05, 3.63) is 29.8 Å². The number of nitrogens with zero attached hydrogens (tertiary/aromatic N) is 1. The van der Waals surface area contributed by atoms with Crippen molar-refractivity contribution in [3.63, 3.8) is 0 Å². The van der Waals surface area contributed by atoms with E-state index < -0.39 is 16.3 Å². The van der Waals surface area contributed by atoms with Gasteiger partial charge in [0.15, 0.2) is 0 Å². The molecule has 0 amide bonds. The largest absolute Gasteiger partial charge is 0.377 e. The molecule has 2 fully saturated rings. The lowest BCUT2D eigenvalue weighted by Crippen LogP contribution is -2.43. The molecule has 0 radical (unpaired) electrons. The van der Waals surface area contributed by atoms with Crippen LogP contribution in [0.2, 0.25) is 0 Å². The zero-order valence-corrected chi connectivity index (χ0v) is 12.5. The Morgan fingerprint density at radius 2 is 1.80 bits per heavy atom. The number of aryl methyl sites for hydroxylation is 1. The Morgan fingerprint density at radius 1 is 1.15 bits per heavy atom. The topological polar surface area (TPSA) is 57.6 Å². The van der Waals surface area contributed by atoms with Crippen LogP contribution in [0.25, 0.3) is 0 Å². The summed E-state index contributed by atoms with van der Waals surface area (Å²) in [7, 11) is -3.59. The average Bonchev–Trinajstić information content (AvgIpc) is 2.75. The van der Waals surface area contributed by atoms with E-state index in [1.54, 1.807) is 24.3 Å². The lowest BCUT2D eigenvalue weighted by atomic mass is 9.85. The third-order valence-corrected chi connectivity index (χ3v) is 6.54. The van der Waals surface area contributed by atoms with Crippen molar-refractivity contribution in [2.45, 2.75) is 56.2 Å². The van der Waals surface area contributed by atoms with Gasteiger partial charge in [-0.2, -0.15) is 4.31 Å². The molecule has 1 aliphatic carbocycles. The van der Waals surface area contributed by atoms with E-state index >= 15 is 0 Å². The molecule has 5 heteroatoms. The summed E-state index contributed by atoms with van der Waals surface area (Å²) in [6.07, 6.45) is 3.80. The van der Waals surface area contributed by atoms with Crippen LogP contribution < -0.4 is 0 Å². The van der Waals surface area contributed by atoms with Crippen molar-refractivity contribution >= 4 is 10.0 Å². The van der Waals surface area contributed by atoms with Crippen molar-refractivity contribution in [2.75, 3.05) is 0 Å². The molecule has 110 valence electrons. The van der Waals surface area contributed by atoms with E-state index in [-0.39, 0.29) is 10.9 Å². The molecule has 4 nitrogen and oxygen atoms in total. The van der Waals surface area contributed by atoms with Gasteiger partial charge in [-0.15, -0.1) is 0 Å². The van der Waals surface area contributed by atoms with Gasteiger partial charge in [0.1, 0.15) is 6.23 Å². The maximum absolute atomic E-state index is 12.8. The maximum Gasteiger partial charge on any atom is 0.245 e. The minimum atomic E-state index is -3.59. The van der Waals surface area contributed by atoms with Crippen LogP contribution in [0.1, 0.15) is 37.7 Å². The third kappa shape index (κ3) is 2.28. The zero-order chi connectivity index (χ0) is 14.3. The molecule has 1 saturated carbocycles. The van der Waals surface area contributed by atoms with Gasteiger partial charge in [0, 0.05) is 6.04 Å². The summed E-state index contributed by atoms with van der Waals surface area (Å²) in [4.78, 5) is 0.286. The van der Waals surface area contributed by atoms with Crippen LogP contribution in [0.15, 0.2) is 29.2 Å². The monoisotopic (exact) mass is 295 g/mol. The van der Waals surface area contributed by atoms with Crippen LogP contribution >= 0.6 is 0 Å². The Labute approximate surface area is 120 Å². The summed E-state index contributed by atoms with van der Waals surface area (Å²) in [6.45, 7) is 1.93. The Balaban J connectivity index is 1.95. The van der Waals surface area contributed by atoms with Crippen LogP contribution in [-0.2, 0) is 10.0 Å². The first-order chi connectivity index (χ1) is 9.50. The van der Waals surface area contributed by atoms with Gasteiger partial charge < -0.3 is 5.11 Å². The van der Waals surface area contributed by atoms with E-state index in [1.807, 2.05) is 6.92 Å². The molecular weight excluding hydrogens is 274 g/mol. The number of hydrogen-bond acceptors (Lipinski definition) is 3. The van der Waals surface area contributed by atoms with E-state index in [0.717, 1.165) is 31.2 Å². The number of benzene rings is 1. The molecule has 1 aromatic rings. The van der Waals surface area contributed by atoms with E-state index in [9.17, 15) is 13.5 Å². The fourth-order valence-electron chi connectivity index (χ4n) is 3.56. The lowest BCUT2D eigenvalue weighted by molar-refractivity contribution is 0.0777. The summed E-state index contributed by atoms with van der Waals surface area (Å²) in [5, 5.41) is 10.2. The van der Waals surface area contributed by atoms with Gasteiger partial charge in [-0.3, -0.25) is 0 Å². The van der Waals surface area contributed by atoms with E-state index in [0.29, 0.717) is 12.3 Å². The number of fused-ring (bicyclic) bond motifs is 1.